The molecule has 0 saturated heterocycles. The number of fused-ring (bicyclic) bond motifs is 1. The van der Waals surface area contributed by atoms with Crippen LogP contribution < -0.4 is 4.74 Å². The van der Waals surface area contributed by atoms with Crippen LogP contribution in [0.1, 0.15) is 16.7 Å². The molecule has 1 heterocycles. The number of rotatable bonds is 4. The molecule has 1 aliphatic rings. The molecule has 0 spiro atoms. The summed E-state index contributed by atoms with van der Waals surface area (Å²) in [5, 5.41) is 0. The van der Waals surface area contributed by atoms with Crippen molar-refractivity contribution in [3.05, 3.63) is 65.0 Å². The van der Waals surface area contributed by atoms with Crippen LogP contribution in [0.2, 0.25) is 0 Å². The van der Waals surface area contributed by atoms with Gasteiger partial charge in [-0.25, -0.2) is 4.39 Å². The molecule has 104 valence electrons. The third kappa shape index (κ3) is 3.14. The van der Waals surface area contributed by atoms with E-state index < -0.39 is 0 Å². The van der Waals surface area contributed by atoms with E-state index >= 15 is 0 Å². The van der Waals surface area contributed by atoms with Gasteiger partial charge in [-0.3, -0.25) is 0 Å². The Labute approximate surface area is 121 Å². The summed E-state index contributed by atoms with van der Waals surface area (Å²) < 4.78 is 24.3. The fourth-order valence-corrected chi connectivity index (χ4v) is 3.18. The Morgan fingerprint density at radius 2 is 1.95 bits per heavy atom. The smallest absolute Gasteiger partial charge is 0.189 e. The van der Waals surface area contributed by atoms with Crippen molar-refractivity contribution in [3.63, 3.8) is 0 Å². The van der Waals surface area contributed by atoms with E-state index in [0.717, 1.165) is 28.4 Å². The van der Waals surface area contributed by atoms with Crippen molar-refractivity contribution in [1.82, 2.24) is 0 Å². The molecule has 0 bridgehead atoms. The summed E-state index contributed by atoms with van der Waals surface area (Å²) in [6, 6.07) is 13.3. The van der Waals surface area contributed by atoms with E-state index in [9.17, 15) is 4.39 Å². The van der Waals surface area contributed by atoms with Gasteiger partial charge in [0, 0.05) is 22.6 Å². The first-order valence-electron chi connectivity index (χ1n) is 6.46. The monoisotopic (exact) mass is 290 g/mol. The maximum atomic E-state index is 13.6. The van der Waals surface area contributed by atoms with Crippen molar-refractivity contribution in [2.45, 2.75) is 18.1 Å². The number of thioether (sulfide) groups is 1. The van der Waals surface area contributed by atoms with Gasteiger partial charge in [-0.15, -0.1) is 0 Å². The Hall–Kier alpha value is -1.52. The summed E-state index contributed by atoms with van der Waals surface area (Å²) in [5.41, 5.74) is 2.97. The molecule has 0 unspecified atom stereocenters. The van der Waals surface area contributed by atoms with Crippen LogP contribution in [-0.2, 0) is 22.8 Å². The molecule has 0 atom stereocenters. The van der Waals surface area contributed by atoms with Crippen molar-refractivity contribution >= 4 is 11.8 Å². The third-order valence-corrected chi connectivity index (χ3v) is 4.17. The Morgan fingerprint density at radius 1 is 1.10 bits per heavy atom. The Morgan fingerprint density at radius 3 is 2.80 bits per heavy atom. The standard InChI is InChI=1S/C16H15FO2S/c17-15-6-13-8-18-11-19-16(13)14(7-15)10-20-9-12-4-2-1-3-5-12/h1-7H,8-11H2. The van der Waals surface area contributed by atoms with E-state index in [4.69, 9.17) is 9.47 Å². The second-order valence-corrected chi connectivity index (χ2v) is 5.63. The molecule has 2 aromatic carbocycles. The molecule has 3 rings (SSSR count). The number of halogens is 1. The zero-order valence-corrected chi connectivity index (χ0v) is 11.8. The molecule has 1 aliphatic heterocycles. The minimum absolute atomic E-state index is 0.229. The third-order valence-electron chi connectivity index (χ3n) is 3.12. The highest BCUT2D eigenvalue weighted by Crippen LogP contribution is 2.32. The Bertz CT molecular complexity index is 587. The number of ether oxygens (including phenoxy) is 2. The van der Waals surface area contributed by atoms with Gasteiger partial charge >= 0.3 is 0 Å². The van der Waals surface area contributed by atoms with Crippen LogP contribution in [0.15, 0.2) is 42.5 Å². The van der Waals surface area contributed by atoms with E-state index in [-0.39, 0.29) is 12.6 Å². The fourth-order valence-electron chi connectivity index (χ4n) is 2.22. The lowest BCUT2D eigenvalue weighted by atomic mass is 10.1. The normalized spacial score (nSPS) is 13.7. The van der Waals surface area contributed by atoms with Crippen molar-refractivity contribution in [3.8, 4) is 5.75 Å². The first-order chi connectivity index (χ1) is 9.83. The highest BCUT2D eigenvalue weighted by atomic mass is 32.2. The lowest BCUT2D eigenvalue weighted by Crippen LogP contribution is -2.13. The second kappa shape index (κ2) is 6.29. The number of benzene rings is 2. The van der Waals surface area contributed by atoms with E-state index in [0.29, 0.717) is 6.61 Å². The molecule has 0 saturated carbocycles. The molecule has 20 heavy (non-hydrogen) atoms. The molecular formula is C16H15FO2S. The molecule has 4 heteroatoms. The molecule has 2 nitrogen and oxygen atoms in total. The summed E-state index contributed by atoms with van der Waals surface area (Å²) >= 11 is 1.75. The van der Waals surface area contributed by atoms with Crippen molar-refractivity contribution in [2.75, 3.05) is 6.79 Å². The predicted octanol–water partition coefficient (Wildman–Crippen LogP) is 4.13. The van der Waals surface area contributed by atoms with Gasteiger partial charge in [-0.05, 0) is 17.7 Å². The molecule has 0 aliphatic carbocycles. The van der Waals surface area contributed by atoms with Gasteiger partial charge < -0.3 is 9.47 Å². The Balaban J connectivity index is 1.69. The summed E-state index contributed by atoms with van der Waals surface area (Å²) in [6.07, 6.45) is 0. The molecular weight excluding hydrogens is 275 g/mol. The fraction of sp³-hybridized carbons (Fsp3) is 0.250. The molecule has 0 amide bonds. The average molecular weight is 290 g/mol. The highest BCUT2D eigenvalue weighted by Gasteiger charge is 2.16. The lowest BCUT2D eigenvalue weighted by Gasteiger charge is -2.20. The summed E-state index contributed by atoms with van der Waals surface area (Å²) in [5.74, 6) is 2.20. The van der Waals surface area contributed by atoms with Gasteiger partial charge in [-0.1, -0.05) is 30.3 Å². The van der Waals surface area contributed by atoms with E-state index in [1.807, 2.05) is 18.2 Å². The molecule has 0 aromatic heterocycles. The minimum atomic E-state index is -0.229. The zero-order valence-electron chi connectivity index (χ0n) is 11.0. The average Bonchev–Trinajstić information content (AvgIpc) is 2.48. The highest BCUT2D eigenvalue weighted by molar-refractivity contribution is 7.97. The first-order valence-corrected chi connectivity index (χ1v) is 7.62. The van der Waals surface area contributed by atoms with Crippen LogP contribution in [-0.4, -0.2) is 6.79 Å². The molecule has 0 fully saturated rings. The van der Waals surface area contributed by atoms with Crippen molar-refractivity contribution < 1.29 is 13.9 Å². The van der Waals surface area contributed by atoms with Gasteiger partial charge in [0.15, 0.2) is 6.79 Å². The maximum absolute atomic E-state index is 13.6. The summed E-state index contributed by atoms with van der Waals surface area (Å²) in [7, 11) is 0. The quantitative estimate of drug-likeness (QED) is 0.843. The molecule has 2 aromatic rings. The van der Waals surface area contributed by atoms with Gasteiger partial charge in [0.05, 0.1) is 6.61 Å². The van der Waals surface area contributed by atoms with E-state index in [2.05, 4.69) is 12.1 Å². The van der Waals surface area contributed by atoms with Crippen LogP contribution >= 0.6 is 11.8 Å². The maximum Gasteiger partial charge on any atom is 0.189 e. The zero-order chi connectivity index (χ0) is 13.8. The Kier molecular flexibility index (Phi) is 4.23. The van der Waals surface area contributed by atoms with Crippen LogP contribution in [0, 0.1) is 5.82 Å². The second-order valence-electron chi connectivity index (χ2n) is 4.64. The van der Waals surface area contributed by atoms with Crippen LogP contribution in [0.5, 0.6) is 5.75 Å². The van der Waals surface area contributed by atoms with Crippen LogP contribution in [0.4, 0.5) is 4.39 Å². The largest absolute Gasteiger partial charge is 0.467 e. The number of hydrogen-bond acceptors (Lipinski definition) is 3. The van der Waals surface area contributed by atoms with Gasteiger partial charge in [0.1, 0.15) is 11.6 Å². The van der Waals surface area contributed by atoms with E-state index in [1.165, 1.54) is 11.6 Å². The summed E-state index contributed by atoms with van der Waals surface area (Å²) in [4.78, 5) is 0. The van der Waals surface area contributed by atoms with Gasteiger partial charge in [0.2, 0.25) is 0 Å². The van der Waals surface area contributed by atoms with Crippen molar-refractivity contribution in [1.29, 1.82) is 0 Å². The molecule has 0 N–H and O–H groups in total. The predicted molar refractivity (Wildman–Crippen MR) is 78.1 cm³/mol. The van der Waals surface area contributed by atoms with Gasteiger partial charge in [0.25, 0.3) is 0 Å². The summed E-state index contributed by atoms with van der Waals surface area (Å²) in [6.45, 7) is 0.665. The van der Waals surface area contributed by atoms with E-state index in [1.54, 1.807) is 17.8 Å². The first kappa shape index (κ1) is 13.5. The minimum Gasteiger partial charge on any atom is -0.467 e. The molecule has 0 radical (unpaired) electrons. The lowest BCUT2D eigenvalue weighted by molar-refractivity contribution is -0.0171. The SMILES string of the molecule is Fc1cc2c(c(CSCc3ccccc3)c1)OCOC2. The van der Waals surface area contributed by atoms with Gasteiger partial charge in [-0.2, -0.15) is 11.8 Å². The topological polar surface area (TPSA) is 18.5 Å². The van der Waals surface area contributed by atoms with Crippen molar-refractivity contribution in [2.24, 2.45) is 0 Å². The number of hydrogen-bond donors (Lipinski definition) is 0. The van der Waals surface area contributed by atoms with Crippen LogP contribution in [0.25, 0.3) is 0 Å². The van der Waals surface area contributed by atoms with Crippen LogP contribution in [0.3, 0.4) is 0 Å².